The summed E-state index contributed by atoms with van der Waals surface area (Å²) >= 11 is 0. The molecule has 0 rings (SSSR count). The molecule has 0 spiro atoms. The Balaban J connectivity index is 0. The summed E-state index contributed by atoms with van der Waals surface area (Å²) in [6, 6.07) is 0. The van der Waals surface area contributed by atoms with Gasteiger partial charge in [0.2, 0.25) is 0 Å². The van der Waals surface area contributed by atoms with Gasteiger partial charge >= 0.3 is 0 Å². The second-order valence-electron chi connectivity index (χ2n) is 2.19. The summed E-state index contributed by atoms with van der Waals surface area (Å²) in [5.41, 5.74) is 1.17. The highest BCUT2D eigenvalue weighted by Gasteiger charge is 2.25. The van der Waals surface area contributed by atoms with Gasteiger partial charge in [0.05, 0.1) is 0 Å². The summed E-state index contributed by atoms with van der Waals surface area (Å²) in [5, 5.41) is 0. The molecule has 0 unspecified atom stereocenters. The fourth-order valence-corrected chi connectivity index (χ4v) is 0.266. The van der Waals surface area contributed by atoms with Crippen LogP contribution in [0.1, 0.15) is 13.8 Å². The molecule has 0 radical (unpaired) electrons. The molecule has 5 heteroatoms. The van der Waals surface area contributed by atoms with Crippen molar-refractivity contribution in [1.29, 1.82) is 0 Å². The summed E-state index contributed by atoms with van der Waals surface area (Å²) in [6.07, 6.45) is 0. The van der Waals surface area contributed by atoms with Gasteiger partial charge in [0.1, 0.15) is 5.60 Å². The minimum Gasteiger partial charge on any atom is -0.369 e. The molecule has 0 aliphatic carbocycles. The molecule has 4 nitrogen and oxygen atoms in total. The SMILES string of the molecule is COC(C)(C)C(=O)NN.Cl. The summed E-state index contributed by atoms with van der Waals surface area (Å²) in [7, 11) is 1.45. The molecule has 0 bridgehead atoms. The Morgan fingerprint density at radius 2 is 2.00 bits per heavy atom. The van der Waals surface area contributed by atoms with Gasteiger partial charge < -0.3 is 4.74 Å². The van der Waals surface area contributed by atoms with Crippen molar-refractivity contribution in [1.82, 2.24) is 5.43 Å². The highest BCUT2D eigenvalue weighted by atomic mass is 35.5. The van der Waals surface area contributed by atoms with Gasteiger partial charge in [-0.25, -0.2) is 5.84 Å². The molecular formula is C5H13ClN2O2. The Hall–Kier alpha value is -0.320. The van der Waals surface area contributed by atoms with Crippen molar-refractivity contribution >= 4 is 18.3 Å². The number of hydrogen-bond acceptors (Lipinski definition) is 3. The minimum atomic E-state index is -0.825. The van der Waals surface area contributed by atoms with E-state index in [1.807, 2.05) is 5.43 Å². The van der Waals surface area contributed by atoms with E-state index in [1.54, 1.807) is 13.8 Å². The monoisotopic (exact) mass is 168 g/mol. The average molecular weight is 169 g/mol. The molecule has 0 aromatic heterocycles. The van der Waals surface area contributed by atoms with Crippen LogP contribution in [0.5, 0.6) is 0 Å². The number of hydrogen-bond donors (Lipinski definition) is 2. The maximum Gasteiger partial charge on any atom is 0.265 e. The van der Waals surface area contributed by atoms with E-state index in [0.29, 0.717) is 0 Å². The Labute approximate surface area is 66.5 Å². The van der Waals surface area contributed by atoms with E-state index < -0.39 is 5.60 Å². The van der Waals surface area contributed by atoms with Gasteiger partial charge in [-0.2, -0.15) is 0 Å². The predicted octanol–water partition coefficient (Wildman–Crippen LogP) is -0.177. The molecule has 0 saturated heterocycles. The van der Waals surface area contributed by atoms with Gasteiger partial charge in [0, 0.05) is 7.11 Å². The lowest BCUT2D eigenvalue weighted by Gasteiger charge is -2.19. The molecule has 0 fully saturated rings. The molecule has 0 heterocycles. The quantitative estimate of drug-likeness (QED) is 0.342. The first kappa shape index (κ1) is 12.4. The maximum absolute atomic E-state index is 10.7. The molecule has 3 N–H and O–H groups in total. The van der Waals surface area contributed by atoms with Crippen LogP contribution in [-0.4, -0.2) is 18.6 Å². The van der Waals surface area contributed by atoms with Crippen LogP contribution in [0.3, 0.4) is 0 Å². The molecule has 0 aliphatic heterocycles. The summed E-state index contributed by atoms with van der Waals surface area (Å²) in [4.78, 5) is 10.7. The average Bonchev–Trinajstić information content (AvgIpc) is 1.86. The number of nitrogens with two attached hydrogens (primary N) is 1. The van der Waals surface area contributed by atoms with E-state index in [2.05, 4.69) is 0 Å². The first-order valence-corrected chi connectivity index (χ1v) is 2.61. The fraction of sp³-hybridized carbons (Fsp3) is 0.800. The number of carbonyl (C=O) groups excluding carboxylic acids is 1. The van der Waals surface area contributed by atoms with Crippen LogP contribution in [0.15, 0.2) is 0 Å². The van der Waals surface area contributed by atoms with Crippen molar-refractivity contribution in [3.8, 4) is 0 Å². The van der Waals surface area contributed by atoms with Gasteiger partial charge in [-0.15, -0.1) is 12.4 Å². The number of carbonyl (C=O) groups is 1. The smallest absolute Gasteiger partial charge is 0.265 e. The van der Waals surface area contributed by atoms with Crippen LogP contribution in [0.25, 0.3) is 0 Å². The first-order chi connectivity index (χ1) is 4.04. The lowest BCUT2D eigenvalue weighted by Crippen LogP contribution is -2.46. The standard InChI is InChI=1S/C5H12N2O2.ClH/c1-5(2,9-3)4(8)7-6;/h6H2,1-3H3,(H,7,8);1H. The largest absolute Gasteiger partial charge is 0.369 e. The summed E-state index contributed by atoms with van der Waals surface area (Å²) in [5.74, 6) is 4.53. The predicted molar refractivity (Wildman–Crippen MR) is 40.7 cm³/mol. The van der Waals surface area contributed by atoms with Crippen LogP contribution < -0.4 is 11.3 Å². The second kappa shape index (κ2) is 4.49. The normalized spacial score (nSPS) is 10.0. The number of halogens is 1. The molecule has 0 saturated carbocycles. The van der Waals surface area contributed by atoms with Gasteiger partial charge in [0.25, 0.3) is 5.91 Å². The Bertz CT molecular complexity index is 116. The molecule has 62 valence electrons. The molecule has 0 atom stereocenters. The van der Waals surface area contributed by atoms with Crippen LogP contribution >= 0.6 is 12.4 Å². The highest BCUT2D eigenvalue weighted by molar-refractivity contribution is 5.85. The van der Waals surface area contributed by atoms with Crippen LogP contribution in [0, 0.1) is 0 Å². The van der Waals surface area contributed by atoms with Crippen molar-refractivity contribution in [2.45, 2.75) is 19.4 Å². The molecule has 0 aromatic rings. The molecule has 0 aromatic carbocycles. The maximum atomic E-state index is 10.7. The number of amides is 1. The number of ether oxygens (including phenoxy) is 1. The van der Waals surface area contributed by atoms with Gasteiger partial charge in [-0.05, 0) is 13.8 Å². The third kappa shape index (κ3) is 3.00. The van der Waals surface area contributed by atoms with E-state index in [0.717, 1.165) is 0 Å². The van der Waals surface area contributed by atoms with Gasteiger partial charge in [-0.3, -0.25) is 10.2 Å². The van der Waals surface area contributed by atoms with Crippen molar-refractivity contribution in [2.24, 2.45) is 5.84 Å². The number of hydrazine groups is 1. The van der Waals surface area contributed by atoms with Crippen LogP contribution in [0.2, 0.25) is 0 Å². The van der Waals surface area contributed by atoms with Crippen LogP contribution in [-0.2, 0) is 9.53 Å². The van der Waals surface area contributed by atoms with Crippen molar-refractivity contribution < 1.29 is 9.53 Å². The van der Waals surface area contributed by atoms with Gasteiger partial charge in [-0.1, -0.05) is 0 Å². The highest BCUT2D eigenvalue weighted by Crippen LogP contribution is 2.05. The molecular weight excluding hydrogens is 156 g/mol. The van der Waals surface area contributed by atoms with E-state index in [4.69, 9.17) is 10.6 Å². The zero-order valence-electron chi connectivity index (χ0n) is 6.30. The molecule has 0 aliphatic rings. The third-order valence-electron chi connectivity index (χ3n) is 1.19. The lowest BCUT2D eigenvalue weighted by atomic mass is 10.1. The summed E-state index contributed by atoms with van der Waals surface area (Å²) < 4.78 is 4.80. The minimum absolute atomic E-state index is 0. The van der Waals surface area contributed by atoms with E-state index >= 15 is 0 Å². The van der Waals surface area contributed by atoms with Crippen molar-refractivity contribution in [3.05, 3.63) is 0 Å². The van der Waals surface area contributed by atoms with E-state index in [9.17, 15) is 4.79 Å². The van der Waals surface area contributed by atoms with Crippen LogP contribution in [0.4, 0.5) is 0 Å². The Kier molecular flexibility index (Phi) is 5.55. The van der Waals surface area contributed by atoms with E-state index in [-0.39, 0.29) is 18.3 Å². The molecule has 10 heavy (non-hydrogen) atoms. The Morgan fingerprint density at radius 1 is 1.60 bits per heavy atom. The Morgan fingerprint density at radius 3 is 2.10 bits per heavy atom. The fourth-order valence-electron chi connectivity index (χ4n) is 0.266. The zero-order chi connectivity index (χ0) is 7.49. The lowest BCUT2D eigenvalue weighted by molar-refractivity contribution is -0.139. The van der Waals surface area contributed by atoms with Crippen molar-refractivity contribution in [2.75, 3.05) is 7.11 Å². The van der Waals surface area contributed by atoms with Crippen molar-refractivity contribution in [3.63, 3.8) is 0 Å². The second-order valence-corrected chi connectivity index (χ2v) is 2.19. The third-order valence-corrected chi connectivity index (χ3v) is 1.19. The molecule has 1 amide bonds. The summed E-state index contributed by atoms with van der Waals surface area (Å²) in [6.45, 7) is 3.27. The number of nitrogens with one attached hydrogen (secondary N) is 1. The number of methoxy groups -OCH3 is 1. The van der Waals surface area contributed by atoms with Gasteiger partial charge in [0.15, 0.2) is 0 Å². The number of rotatable bonds is 2. The first-order valence-electron chi connectivity index (χ1n) is 2.61. The topological polar surface area (TPSA) is 64.3 Å². The van der Waals surface area contributed by atoms with E-state index in [1.165, 1.54) is 7.11 Å². The zero-order valence-corrected chi connectivity index (χ0v) is 7.12.